The van der Waals surface area contributed by atoms with Gasteiger partial charge < -0.3 is 5.11 Å². The second-order valence-corrected chi connectivity index (χ2v) is 2.72. The molecule has 1 aromatic carbocycles. The third kappa shape index (κ3) is 1.97. The van der Waals surface area contributed by atoms with Gasteiger partial charge in [-0.1, -0.05) is 12.1 Å². The fourth-order valence-corrected chi connectivity index (χ4v) is 1.08. The van der Waals surface area contributed by atoms with Gasteiger partial charge in [0.1, 0.15) is 0 Å². The van der Waals surface area contributed by atoms with E-state index in [2.05, 4.69) is 0 Å². The summed E-state index contributed by atoms with van der Waals surface area (Å²) >= 11 is 5.45. The van der Waals surface area contributed by atoms with Gasteiger partial charge in [0.05, 0.1) is 23.6 Å². The van der Waals surface area contributed by atoms with Crippen LogP contribution in [0.1, 0.15) is 17.2 Å². The van der Waals surface area contributed by atoms with Crippen molar-refractivity contribution >= 4 is 11.6 Å². The summed E-state index contributed by atoms with van der Waals surface area (Å²) in [5, 5.41) is 17.9. The first-order valence-electron chi connectivity index (χ1n) is 3.52. The number of nitriles is 1. The maximum absolute atomic E-state index is 9.31. The molecule has 0 spiro atoms. The number of hydrogen-bond donors (Lipinski definition) is 1. The fraction of sp³-hybridized carbons (Fsp3) is 0.222. The summed E-state index contributed by atoms with van der Waals surface area (Å²) in [7, 11) is 0. The number of alkyl halides is 1. The van der Waals surface area contributed by atoms with E-state index in [9.17, 15) is 5.11 Å². The first-order chi connectivity index (χ1) is 5.77. The van der Waals surface area contributed by atoms with Gasteiger partial charge in [0, 0.05) is 0 Å². The molecule has 0 aliphatic rings. The molecule has 0 bridgehead atoms. The van der Waals surface area contributed by atoms with Crippen LogP contribution in [-0.2, 0) is 0 Å². The van der Waals surface area contributed by atoms with E-state index < -0.39 is 6.10 Å². The molecule has 0 aliphatic carbocycles. The number of rotatable bonds is 2. The molecule has 0 saturated carbocycles. The lowest BCUT2D eigenvalue weighted by Crippen LogP contribution is -1.98. The SMILES string of the molecule is N#Cc1cccc([C@@H](O)CCl)c1. The first-order valence-corrected chi connectivity index (χ1v) is 4.05. The van der Waals surface area contributed by atoms with Crippen LogP contribution in [0, 0.1) is 11.3 Å². The van der Waals surface area contributed by atoms with Crippen molar-refractivity contribution in [1.82, 2.24) is 0 Å². The molecule has 1 rings (SSSR count). The average Bonchev–Trinajstić information content (AvgIpc) is 2.17. The Labute approximate surface area is 76.0 Å². The third-order valence-electron chi connectivity index (χ3n) is 1.55. The van der Waals surface area contributed by atoms with Crippen molar-refractivity contribution < 1.29 is 5.11 Å². The summed E-state index contributed by atoms with van der Waals surface area (Å²) in [4.78, 5) is 0. The van der Waals surface area contributed by atoms with Crippen LogP contribution < -0.4 is 0 Å². The van der Waals surface area contributed by atoms with E-state index in [0.717, 1.165) is 0 Å². The van der Waals surface area contributed by atoms with Crippen LogP contribution in [0.4, 0.5) is 0 Å². The second kappa shape index (κ2) is 4.10. The minimum atomic E-state index is -0.681. The predicted octanol–water partition coefficient (Wildman–Crippen LogP) is 1.83. The first kappa shape index (κ1) is 9.05. The van der Waals surface area contributed by atoms with Crippen molar-refractivity contribution in [2.24, 2.45) is 0 Å². The molecular formula is C9H8ClNO. The Balaban J connectivity index is 2.95. The van der Waals surface area contributed by atoms with Gasteiger partial charge in [-0.3, -0.25) is 0 Å². The van der Waals surface area contributed by atoms with Crippen molar-refractivity contribution in [2.75, 3.05) is 5.88 Å². The van der Waals surface area contributed by atoms with Gasteiger partial charge in [-0.25, -0.2) is 0 Å². The lowest BCUT2D eigenvalue weighted by molar-refractivity contribution is 0.202. The largest absolute Gasteiger partial charge is 0.387 e. The Hall–Kier alpha value is -1.04. The molecular weight excluding hydrogens is 174 g/mol. The molecule has 0 aromatic heterocycles. The van der Waals surface area contributed by atoms with Gasteiger partial charge in [0.25, 0.3) is 0 Å². The Bertz CT molecular complexity index is 306. The molecule has 2 nitrogen and oxygen atoms in total. The molecule has 0 heterocycles. The highest BCUT2D eigenvalue weighted by atomic mass is 35.5. The van der Waals surface area contributed by atoms with E-state index >= 15 is 0 Å². The highest BCUT2D eigenvalue weighted by Crippen LogP contribution is 2.14. The summed E-state index contributed by atoms with van der Waals surface area (Å²) in [6.07, 6.45) is -0.681. The second-order valence-electron chi connectivity index (χ2n) is 2.41. The Morgan fingerprint density at radius 1 is 1.58 bits per heavy atom. The zero-order valence-electron chi connectivity index (χ0n) is 6.37. The molecule has 0 radical (unpaired) electrons. The van der Waals surface area contributed by atoms with Gasteiger partial charge in [-0.2, -0.15) is 5.26 Å². The Kier molecular flexibility index (Phi) is 3.09. The quantitative estimate of drug-likeness (QED) is 0.708. The van der Waals surface area contributed by atoms with Gasteiger partial charge in [0.2, 0.25) is 0 Å². The van der Waals surface area contributed by atoms with Crippen LogP contribution in [0.3, 0.4) is 0 Å². The lowest BCUT2D eigenvalue weighted by Gasteiger charge is -2.05. The summed E-state index contributed by atoms with van der Waals surface area (Å²) in [6, 6.07) is 8.78. The van der Waals surface area contributed by atoms with Crippen LogP contribution in [0.25, 0.3) is 0 Å². The molecule has 12 heavy (non-hydrogen) atoms. The molecule has 1 aromatic rings. The van der Waals surface area contributed by atoms with Gasteiger partial charge >= 0.3 is 0 Å². The maximum Gasteiger partial charge on any atom is 0.0991 e. The number of hydrogen-bond acceptors (Lipinski definition) is 2. The zero-order chi connectivity index (χ0) is 8.97. The molecule has 1 atom stereocenters. The molecule has 0 unspecified atom stereocenters. The van der Waals surface area contributed by atoms with E-state index in [-0.39, 0.29) is 5.88 Å². The lowest BCUT2D eigenvalue weighted by atomic mass is 10.1. The highest BCUT2D eigenvalue weighted by Gasteiger charge is 2.05. The Morgan fingerprint density at radius 3 is 2.92 bits per heavy atom. The van der Waals surface area contributed by atoms with Crippen LogP contribution in [-0.4, -0.2) is 11.0 Å². The van der Waals surface area contributed by atoms with Gasteiger partial charge in [-0.15, -0.1) is 11.6 Å². The molecule has 3 heteroatoms. The van der Waals surface area contributed by atoms with Crippen LogP contribution in [0.2, 0.25) is 0 Å². The molecule has 0 saturated heterocycles. The van der Waals surface area contributed by atoms with Crippen LogP contribution >= 0.6 is 11.6 Å². The van der Waals surface area contributed by atoms with Crippen molar-refractivity contribution in [2.45, 2.75) is 6.10 Å². The van der Waals surface area contributed by atoms with E-state index in [1.807, 2.05) is 6.07 Å². The molecule has 1 N–H and O–H groups in total. The monoisotopic (exact) mass is 181 g/mol. The standard InChI is InChI=1S/C9H8ClNO/c10-5-9(12)8-3-1-2-7(4-8)6-11/h1-4,9,12H,5H2/t9-/m0/s1. The number of halogens is 1. The number of aliphatic hydroxyl groups excluding tert-OH is 1. The molecule has 0 fully saturated rings. The summed E-state index contributed by atoms with van der Waals surface area (Å²) in [5.74, 6) is 0.148. The topological polar surface area (TPSA) is 44.0 Å². The van der Waals surface area contributed by atoms with E-state index in [0.29, 0.717) is 11.1 Å². The molecule has 62 valence electrons. The summed E-state index contributed by atoms with van der Waals surface area (Å²) < 4.78 is 0. The molecule has 0 aliphatic heterocycles. The highest BCUT2D eigenvalue weighted by molar-refractivity contribution is 6.18. The number of aliphatic hydroxyl groups is 1. The van der Waals surface area contributed by atoms with Crippen molar-refractivity contribution in [3.05, 3.63) is 35.4 Å². The van der Waals surface area contributed by atoms with Crippen molar-refractivity contribution in [3.8, 4) is 6.07 Å². The van der Waals surface area contributed by atoms with Gasteiger partial charge in [0.15, 0.2) is 0 Å². The van der Waals surface area contributed by atoms with Crippen molar-refractivity contribution in [3.63, 3.8) is 0 Å². The molecule has 0 amide bonds. The maximum atomic E-state index is 9.31. The van der Waals surface area contributed by atoms with Crippen LogP contribution in [0.15, 0.2) is 24.3 Å². The van der Waals surface area contributed by atoms with Crippen molar-refractivity contribution in [1.29, 1.82) is 5.26 Å². The Morgan fingerprint density at radius 2 is 2.33 bits per heavy atom. The van der Waals surface area contributed by atoms with Gasteiger partial charge in [-0.05, 0) is 17.7 Å². The van der Waals surface area contributed by atoms with E-state index in [1.54, 1.807) is 24.3 Å². The third-order valence-corrected chi connectivity index (χ3v) is 1.84. The fourth-order valence-electron chi connectivity index (χ4n) is 0.905. The summed E-state index contributed by atoms with van der Waals surface area (Å²) in [6.45, 7) is 0. The number of benzene rings is 1. The van der Waals surface area contributed by atoms with E-state index in [4.69, 9.17) is 16.9 Å². The minimum absolute atomic E-state index is 0.148. The summed E-state index contributed by atoms with van der Waals surface area (Å²) in [5.41, 5.74) is 1.22. The zero-order valence-corrected chi connectivity index (χ0v) is 7.12. The number of nitrogens with zero attached hydrogens (tertiary/aromatic N) is 1. The van der Waals surface area contributed by atoms with E-state index in [1.165, 1.54) is 0 Å². The predicted molar refractivity (Wildman–Crippen MR) is 46.8 cm³/mol. The normalized spacial score (nSPS) is 12.1. The average molecular weight is 182 g/mol. The minimum Gasteiger partial charge on any atom is -0.387 e. The smallest absolute Gasteiger partial charge is 0.0991 e. The van der Waals surface area contributed by atoms with Crippen LogP contribution in [0.5, 0.6) is 0 Å².